The Morgan fingerprint density at radius 2 is 2.04 bits per heavy atom. The molecule has 0 fully saturated rings. The molecule has 2 aromatic heterocycles. The van der Waals surface area contributed by atoms with Crippen LogP contribution in [0, 0.1) is 0 Å². The van der Waals surface area contributed by atoms with Crippen LogP contribution in [0.15, 0.2) is 65.9 Å². The van der Waals surface area contributed by atoms with Crippen molar-refractivity contribution in [2.45, 2.75) is 6.54 Å². The second kappa shape index (κ2) is 8.65. The number of anilines is 1. The van der Waals surface area contributed by atoms with Crippen molar-refractivity contribution in [3.8, 4) is 5.75 Å². The van der Waals surface area contributed by atoms with Crippen molar-refractivity contribution < 1.29 is 4.74 Å². The minimum Gasteiger partial charge on any atom is -0.490 e. The molecule has 0 aliphatic carbocycles. The Hall–Kier alpha value is -2.54. The van der Waals surface area contributed by atoms with Crippen molar-refractivity contribution in [1.82, 2.24) is 9.55 Å². The van der Waals surface area contributed by atoms with Crippen LogP contribution in [0.1, 0.15) is 5.69 Å². The van der Waals surface area contributed by atoms with Gasteiger partial charge in [-0.15, -0.1) is 0 Å². The van der Waals surface area contributed by atoms with Gasteiger partial charge < -0.3 is 9.30 Å². The standard InChI is InChI=1S/C20H16Cl2N4OS/c21-14-7-8-16(22)18(12-14)27-11-10-26-9-3-4-15(26)13-23-25-20-24-17-5-1-2-6-19(17)28-20/h1-9,12-13H,10-11H2,(H,24,25)/b23-13-. The summed E-state index contributed by atoms with van der Waals surface area (Å²) in [5.74, 6) is 0.578. The molecule has 0 aliphatic rings. The molecule has 0 saturated carbocycles. The number of benzene rings is 2. The van der Waals surface area contributed by atoms with E-state index >= 15 is 0 Å². The average Bonchev–Trinajstić information content (AvgIpc) is 3.31. The van der Waals surface area contributed by atoms with Crippen molar-refractivity contribution in [1.29, 1.82) is 0 Å². The van der Waals surface area contributed by atoms with Crippen LogP contribution in [0.3, 0.4) is 0 Å². The highest BCUT2D eigenvalue weighted by Gasteiger charge is 2.04. The minimum atomic E-state index is 0.459. The SMILES string of the molecule is Clc1ccc(Cl)c(OCCn2cccc2/C=N\Nc2nc3ccccc3s2)c1. The van der Waals surface area contributed by atoms with E-state index in [1.807, 2.05) is 47.2 Å². The van der Waals surface area contributed by atoms with E-state index in [1.54, 1.807) is 35.8 Å². The third-order valence-corrected chi connectivity index (χ3v) is 5.49. The molecule has 0 spiro atoms. The molecule has 2 heterocycles. The molecule has 0 radical (unpaired) electrons. The topological polar surface area (TPSA) is 51.4 Å². The van der Waals surface area contributed by atoms with E-state index in [0.717, 1.165) is 21.0 Å². The van der Waals surface area contributed by atoms with E-state index in [2.05, 4.69) is 15.5 Å². The molecule has 8 heteroatoms. The largest absolute Gasteiger partial charge is 0.490 e. The summed E-state index contributed by atoms with van der Waals surface area (Å²) in [6.07, 6.45) is 3.74. The number of fused-ring (bicyclic) bond motifs is 1. The summed E-state index contributed by atoms with van der Waals surface area (Å²) in [5, 5.41) is 6.20. The normalized spacial score (nSPS) is 11.4. The number of aromatic nitrogens is 2. The number of para-hydroxylation sites is 1. The maximum absolute atomic E-state index is 6.12. The fraction of sp³-hybridized carbons (Fsp3) is 0.100. The second-order valence-electron chi connectivity index (χ2n) is 5.91. The van der Waals surface area contributed by atoms with E-state index in [4.69, 9.17) is 27.9 Å². The van der Waals surface area contributed by atoms with Gasteiger partial charge in [-0.3, -0.25) is 5.43 Å². The minimum absolute atomic E-state index is 0.459. The van der Waals surface area contributed by atoms with E-state index < -0.39 is 0 Å². The molecule has 142 valence electrons. The number of halogens is 2. The van der Waals surface area contributed by atoms with Crippen LogP contribution in [0.2, 0.25) is 10.0 Å². The molecule has 0 aliphatic heterocycles. The van der Waals surface area contributed by atoms with Crippen LogP contribution in [-0.4, -0.2) is 22.4 Å². The molecule has 4 aromatic rings. The van der Waals surface area contributed by atoms with Gasteiger partial charge in [-0.05, 0) is 36.4 Å². The first-order valence-electron chi connectivity index (χ1n) is 8.57. The lowest BCUT2D eigenvalue weighted by atomic mass is 10.3. The lowest BCUT2D eigenvalue weighted by molar-refractivity contribution is 0.298. The van der Waals surface area contributed by atoms with Gasteiger partial charge in [-0.2, -0.15) is 5.10 Å². The van der Waals surface area contributed by atoms with Crippen LogP contribution >= 0.6 is 34.5 Å². The van der Waals surface area contributed by atoms with Crippen LogP contribution in [0.5, 0.6) is 5.75 Å². The molecular formula is C20H16Cl2N4OS. The van der Waals surface area contributed by atoms with Gasteiger partial charge in [-0.25, -0.2) is 4.98 Å². The molecule has 2 aromatic carbocycles. The zero-order valence-corrected chi connectivity index (χ0v) is 17.0. The Kier molecular flexibility index (Phi) is 5.81. The number of ether oxygens (including phenoxy) is 1. The Morgan fingerprint density at radius 1 is 1.14 bits per heavy atom. The molecule has 0 bridgehead atoms. The lowest BCUT2D eigenvalue weighted by Crippen LogP contribution is -2.10. The van der Waals surface area contributed by atoms with Gasteiger partial charge in [0.1, 0.15) is 12.4 Å². The van der Waals surface area contributed by atoms with Gasteiger partial charge >= 0.3 is 0 Å². The predicted molar refractivity (Wildman–Crippen MR) is 117 cm³/mol. The molecule has 0 unspecified atom stereocenters. The Morgan fingerprint density at radius 3 is 2.93 bits per heavy atom. The first-order chi connectivity index (χ1) is 13.7. The van der Waals surface area contributed by atoms with Gasteiger partial charge in [0.05, 0.1) is 33.7 Å². The summed E-state index contributed by atoms with van der Waals surface area (Å²) in [5.41, 5.74) is 4.91. The Bertz CT molecular complexity index is 1090. The van der Waals surface area contributed by atoms with Crippen LogP contribution in [0.25, 0.3) is 10.2 Å². The summed E-state index contributed by atoms with van der Waals surface area (Å²) >= 11 is 13.7. The molecule has 28 heavy (non-hydrogen) atoms. The molecule has 4 rings (SSSR count). The number of nitrogens with zero attached hydrogens (tertiary/aromatic N) is 3. The third-order valence-electron chi connectivity index (χ3n) is 4.00. The summed E-state index contributed by atoms with van der Waals surface area (Å²) in [6, 6.07) is 17.1. The predicted octanol–water partition coefficient (Wildman–Crippen LogP) is 5.93. The van der Waals surface area contributed by atoms with Crippen molar-refractivity contribution in [3.63, 3.8) is 0 Å². The molecule has 0 saturated heterocycles. The van der Waals surface area contributed by atoms with Crippen molar-refractivity contribution in [2.75, 3.05) is 12.0 Å². The smallest absolute Gasteiger partial charge is 0.204 e. The first kappa shape index (κ1) is 18.8. The Labute approximate surface area is 176 Å². The maximum Gasteiger partial charge on any atom is 0.204 e. The van der Waals surface area contributed by atoms with Crippen molar-refractivity contribution >= 4 is 56.1 Å². The van der Waals surface area contributed by atoms with Gasteiger partial charge in [-0.1, -0.05) is 46.7 Å². The quantitative estimate of drug-likeness (QED) is 0.292. The third kappa shape index (κ3) is 4.47. The molecule has 1 N–H and O–H groups in total. The van der Waals surface area contributed by atoms with Crippen molar-refractivity contribution in [3.05, 3.63) is 76.5 Å². The first-order valence-corrected chi connectivity index (χ1v) is 10.1. The number of nitrogens with one attached hydrogen (secondary N) is 1. The summed E-state index contributed by atoms with van der Waals surface area (Å²) in [6.45, 7) is 1.11. The highest BCUT2D eigenvalue weighted by atomic mass is 35.5. The van der Waals surface area contributed by atoms with E-state index in [0.29, 0.717) is 28.9 Å². The monoisotopic (exact) mass is 430 g/mol. The van der Waals surface area contributed by atoms with Crippen molar-refractivity contribution in [2.24, 2.45) is 5.10 Å². The van der Waals surface area contributed by atoms with E-state index in [-0.39, 0.29) is 0 Å². The average molecular weight is 431 g/mol. The lowest BCUT2D eigenvalue weighted by Gasteiger charge is -2.10. The summed E-state index contributed by atoms with van der Waals surface area (Å²) < 4.78 is 8.92. The van der Waals surface area contributed by atoms with Gasteiger partial charge in [0, 0.05) is 17.3 Å². The Balaban J connectivity index is 1.35. The fourth-order valence-corrected chi connectivity index (χ4v) is 3.81. The van der Waals surface area contributed by atoms with E-state index in [9.17, 15) is 0 Å². The molecule has 0 amide bonds. The van der Waals surface area contributed by atoms with Crippen LogP contribution in [-0.2, 0) is 6.54 Å². The van der Waals surface area contributed by atoms with Gasteiger partial charge in [0.15, 0.2) is 0 Å². The number of hydrogen-bond donors (Lipinski definition) is 1. The molecule has 0 atom stereocenters. The summed E-state index contributed by atoms with van der Waals surface area (Å²) in [7, 11) is 0. The number of hydrazone groups is 1. The second-order valence-corrected chi connectivity index (χ2v) is 7.78. The van der Waals surface area contributed by atoms with Gasteiger partial charge in [0.2, 0.25) is 5.13 Å². The van der Waals surface area contributed by atoms with E-state index in [1.165, 1.54) is 0 Å². The zero-order chi connectivity index (χ0) is 19.3. The maximum atomic E-state index is 6.12. The van der Waals surface area contributed by atoms with Crippen LogP contribution in [0.4, 0.5) is 5.13 Å². The zero-order valence-electron chi connectivity index (χ0n) is 14.7. The van der Waals surface area contributed by atoms with Gasteiger partial charge in [0.25, 0.3) is 0 Å². The van der Waals surface area contributed by atoms with Crippen LogP contribution < -0.4 is 10.2 Å². The summed E-state index contributed by atoms with van der Waals surface area (Å²) in [4.78, 5) is 4.50. The number of rotatable bonds is 7. The molecule has 5 nitrogen and oxygen atoms in total. The number of thiazole rings is 1. The number of hydrogen-bond acceptors (Lipinski definition) is 5. The highest BCUT2D eigenvalue weighted by Crippen LogP contribution is 2.28. The molecular weight excluding hydrogens is 415 g/mol. The fourth-order valence-electron chi connectivity index (χ4n) is 2.66. The highest BCUT2D eigenvalue weighted by molar-refractivity contribution is 7.22.